The van der Waals surface area contributed by atoms with Gasteiger partial charge in [-0.25, -0.2) is 4.98 Å². The summed E-state index contributed by atoms with van der Waals surface area (Å²) in [7, 11) is 0. The standard InChI is InChI=1S/C27H23N3OS/c31-27-24-19-29(15-4-8-21-6-2-1-3-7-21)16-14-25(24)28-20-30(27)18-22-10-12-23(13-11-22)26-9-5-17-32-26/h1-3,5-7,9-13,17,20H,14-16,18-19H2. The molecule has 158 valence electrons. The van der Waals surface area contributed by atoms with Crippen LogP contribution in [0.25, 0.3) is 10.4 Å². The molecule has 4 aromatic rings. The summed E-state index contributed by atoms with van der Waals surface area (Å²) in [5.41, 5.74) is 5.08. The quantitative estimate of drug-likeness (QED) is 0.444. The lowest BCUT2D eigenvalue weighted by Crippen LogP contribution is -2.38. The fourth-order valence-corrected chi connectivity index (χ4v) is 4.68. The zero-order valence-corrected chi connectivity index (χ0v) is 18.5. The Morgan fingerprint density at radius 3 is 2.62 bits per heavy atom. The van der Waals surface area contributed by atoms with Gasteiger partial charge in [0.2, 0.25) is 0 Å². The summed E-state index contributed by atoms with van der Waals surface area (Å²) in [6.07, 6.45) is 2.48. The molecule has 0 saturated heterocycles. The Bertz CT molecular complexity index is 1310. The van der Waals surface area contributed by atoms with Crippen molar-refractivity contribution in [2.75, 3.05) is 13.1 Å². The second-order valence-electron chi connectivity index (χ2n) is 7.91. The van der Waals surface area contributed by atoms with Crippen LogP contribution in [0.2, 0.25) is 0 Å². The number of rotatable bonds is 4. The van der Waals surface area contributed by atoms with Crippen LogP contribution in [0.3, 0.4) is 0 Å². The van der Waals surface area contributed by atoms with Gasteiger partial charge in [-0.2, -0.15) is 0 Å². The molecular weight excluding hydrogens is 414 g/mol. The molecule has 0 amide bonds. The van der Waals surface area contributed by atoms with E-state index in [1.54, 1.807) is 22.2 Å². The van der Waals surface area contributed by atoms with Gasteiger partial charge in [-0.1, -0.05) is 60.4 Å². The Morgan fingerprint density at radius 1 is 1.00 bits per heavy atom. The Kier molecular flexibility index (Phi) is 5.98. The molecule has 0 bridgehead atoms. The topological polar surface area (TPSA) is 38.1 Å². The van der Waals surface area contributed by atoms with Crippen LogP contribution in [-0.2, 0) is 19.5 Å². The average molecular weight is 438 g/mol. The van der Waals surface area contributed by atoms with Crippen molar-refractivity contribution >= 4 is 11.3 Å². The van der Waals surface area contributed by atoms with E-state index in [-0.39, 0.29) is 5.56 Å². The fraction of sp³-hybridized carbons (Fsp3) is 0.185. The highest BCUT2D eigenvalue weighted by molar-refractivity contribution is 7.13. The largest absolute Gasteiger partial charge is 0.294 e. The molecule has 2 aromatic carbocycles. The molecule has 5 rings (SSSR count). The maximum absolute atomic E-state index is 13.2. The lowest BCUT2D eigenvalue weighted by molar-refractivity contribution is 0.280. The summed E-state index contributed by atoms with van der Waals surface area (Å²) < 4.78 is 1.72. The highest BCUT2D eigenvalue weighted by Gasteiger charge is 2.20. The monoisotopic (exact) mass is 437 g/mol. The van der Waals surface area contributed by atoms with Gasteiger partial charge in [0.25, 0.3) is 5.56 Å². The maximum Gasteiger partial charge on any atom is 0.258 e. The molecule has 4 nitrogen and oxygen atoms in total. The van der Waals surface area contributed by atoms with Gasteiger partial charge < -0.3 is 0 Å². The van der Waals surface area contributed by atoms with E-state index >= 15 is 0 Å². The summed E-state index contributed by atoms with van der Waals surface area (Å²) in [4.78, 5) is 21.2. The first-order valence-electron chi connectivity index (χ1n) is 10.7. The number of hydrogen-bond donors (Lipinski definition) is 0. The Labute approximate surface area is 191 Å². The van der Waals surface area contributed by atoms with Crippen molar-refractivity contribution in [3.8, 4) is 22.3 Å². The second kappa shape index (κ2) is 9.35. The second-order valence-corrected chi connectivity index (χ2v) is 8.85. The SMILES string of the molecule is O=c1c2c(ncn1Cc1ccc(-c3cccs3)cc1)CCN(CC#Cc1ccccc1)C2. The van der Waals surface area contributed by atoms with Crippen molar-refractivity contribution in [1.82, 2.24) is 14.5 Å². The van der Waals surface area contributed by atoms with Crippen LogP contribution in [0.4, 0.5) is 0 Å². The van der Waals surface area contributed by atoms with Gasteiger partial charge in [0.1, 0.15) is 0 Å². The molecule has 5 heteroatoms. The lowest BCUT2D eigenvalue weighted by Gasteiger charge is -2.26. The number of thiophene rings is 1. The predicted octanol–water partition coefficient (Wildman–Crippen LogP) is 4.43. The number of nitrogens with zero attached hydrogens (tertiary/aromatic N) is 3. The zero-order chi connectivity index (χ0) is 21.8. The van der Waals surface area contributed by atoms with Crippen LogP contribution in [0, 0.1) is 11.8 Å². The van der Waals surface area contributed by atoms with E-state index < -0.39 is 0 Å². The lowest BCUT2D eigenvalue weighted by atomic mass is 10.1. The van der Waals surface area contributed by atoms with E-state index in [0.29, 0.717) is 19.6 Å². The molecule has 1 aliphatic rings. The van der Waals surface area contributed by atoms with Crippen molar-refractivity contribution in [2.24, 2.45) is 0 Å². The van der Waals surface area contributed by atoms with E-state index in [4.69, 9.17) is 0 Å². The third kappa shape index (κ3) is 4.57. The van der Waals surface area contributed by atoms with E-state index in [9.17, 15) is 4.79 Å². The van der Waals surface area contributed by atoms with Crippen LogP contribution in [0.1, 0.15) is 22.4 Å². The average Bonchev–Trinajstić information content (AvgIpc) is 3.37. The van der Waals surface area contributed by atoms with Gasteiger partial charge in [0, 0.05) is 30.0 Å². The van der Waals surface area contributed by atoms with Gasteiger partial charge >= 0.3 is 0 Å². The van der Waals surface area contributed by atoms with E-state index in [2.05, 4.69) is 63.5 Å². The van der Waals surface area contributed by atoms with Crippen LogP contribution in [0.15, 0.2) is 83.2 Å². The van der Waals surface area contributed by atoms with Gasteiger partial charge in [-0.15, -0.1) is 11.3 Å². The molecule has 0 saturated carbocycles. The van der Waals surface area contributed by atoms with Crippen molar-refractivity contribution < 1.29 is 0 Å². The number of fused-ring (bicyclic) bond motifs is 1. The van der Waals surface area contributed by atoms with E-state index in [0.717, 1.165) is 35.3 Å². The molecule has 0 radical (unpaired) electrons. The highest BCUT2D eigenvalue weighted by atomic mass is 32.1. The van der Waals surface area contributed by atoms with Crippen LogP contribution in [-0.4, -0.2) is 27.5 Å². The third-order valence-electron chi connectivity index (χ3n) is 5.69. The van der Waals surface area contributed by atoms with Crippen molar-refractivity contribution in [3.63, 3.8) is 0 Å². The smallest absolute Gasteiger partial charge is 0.258 e. The first-order valence-corrected chi connectivity index (χ1v) is 11.6. The molecule has 32 heavy (non-hydrogen) atoms. The molecule has 3 heterocycles. The van der Waals surface area contributed by atoms with Crippen LogP contribution in [0.5, 0.6) is 0 Å². The molecule has 0 spiro atoms. The molecule has 0 aliphatic carbocycles. The molecule has 0 atom stereocenters. The van der Waals surface area contributed by atoms with E-state index in [1.807, 2.05) is 30.3 Å². The molecule has 1 aliphatic heterocycles. The Morgan fingerprint density at radius 2 is 1.84 bits per heavy atom. The first-order chi connectivity index (χ1) is 15.8. The summed E-state index contributed by atoms with van der Waals surface area (Å²) in [6, 6.07) is 22.6. The molecule has 0 unspecified atom stereocenters. The summed E-state index contributed by atoms with van der Waals surface area (Å²) in [5.74, 6) is 6.44. The van der Waals surface area contributed by atoms with Gasteiger partial charge in [0.15, 0.2) is 0 Å². The van der Waals surface area contributed by atoms with Gasteiger partial charge in [0.05, 0.1) is 30.7 Å². The summed E-state index contributed by atoms with van der Waals surface area (Å²) in [5, 5.41) is 2.08. The highest BCUT2D eigenvalue weighted by Crippen LogP contribution is 2.24. The van der Waals surface area contributed by atoms with Crippen LogP contribution >= 0.6 is 11.3 Å². The zero-order valence-electron chi connectivity index (χ0n) is 17.7. The Balaban J connectivity index is 1.29. The van der Waals surface area contributed by atoms with Gasteiger partial charge in [-0.05, 0) is 34.7 Å². The minimum absolute atomic E-state index is 0.0538. The van der Waals surface area contributed by atoms with Crippen LogP contribution < -0.4 is 5.56 Å². The van der Waals surface area contributed by atoms with E-state index in [1.165, 1.54) is 10.4 Å². The summed E-state index contributed by atoms with van der Waals surface area (Å²) >= 11 is 1.73. The van der Waals surface area contributed by atoms with Crippen molar-refractivity contribution in [2.45, 2.75) is 19.5 Å². The maximum atomic E-state index is 13.2. The third-order valence-corrected chi connectivity index (χ3v) is 6.61. The minimum atomic E-state index is 0.0538. The fourth-order valence-electron chi connectivity index (χ4n) is 3.94. The normalized spacial score (nSPS) is 13.2. The number of benzene rings is 2. The first kappa shape index (κ1) is 20.4. The Hall–Kier alpha value is -3.46. The van der Waals surface area contributed by atoms with Gasteiger partial charge in [-0.3, -0.25) is 14.3 Å². The minimum Gasteiger partial charge on any atom is -0.294 e. The predicted molar refractivity (Wildman–Crippen MR) is 130 cm³/mol. The summed E-state index contributed by atoms with van der Waals surface area (Å²) in [6.45, 7) is 2.64. The molecule has 2 aromatic heterocycles. The number of hydrogen-bond acceptors (Lipinski definition) is 4. The molecule has 0 fully saturated rings. The van der Waals surface area contributed by atoms with Crippen molar-refractivity contribution in [3.05, 3.63) is 111 Å². The molecule has 0 N–H and O–H groups in total. The van der Waals surface area contributed by atoms with Crippen molar-refractivity contribution in [1.29, 1.82) is 0 Å². The molecular formula is C27H23N3OS. The number of aromatic nitrogens is 2.